The van der Waals surface area contributed by atoms with Gasteiger partial charge in [-0.1, -0.05) is 0 Å². The van der Waals surface area contributed by atoms with E-state index >= 15 is 0 Å². The van der Waals surface area contributed by atoms with Crippen LogP contribution in [0.1, 0.15) is 0 Å². The van der Waals surface area contributed by atoms with Crippen LogP contribution < -0.4 is 4.73 Å². The number of hydrogen-bond acceptors (Lipinski definition) is 2. The molecule has 0 atom stereocenters. The van der Waals surface area contributed by atoms with E-state index in [-0.39, 0.29) is 0 Å². The normalized spacial score (nSPS) is 9.44. The Kier molecular flexibility index (Phi) is 1.95. The predicted octanol–water partition coefficient (Wildman–Crippen LogP) is 1.04. The molecule has 0 saturated carbocycles. The molecule has 0 bridgehead atoms. The molecule has 1 aromatic rings. The minimum absolute atomic E-state index is 0.778. The van der Waals surface area contributed by atoms with Crippen molar-refractivity contribution in [3.05, 3.63) is 29.7 Å². The molecule has 9 heavy (non-hydrogen) atoms. The van der Waals surface area contributed by atoms with E-state index in [1.165, 1.54) is 12.4 Å². The summed E-state index contributed by atoms with van der Waals surface area (Å²) < 4.78 is 0.778. The van der Waals surface area contributed by atoms with Gasteiger partial charge in [0.15, 0.2) is 12.4 Å². The molecule has 0 aliphatic heterocycles. The van der Waals surface area contributed by atoms with Crippen molar-refractivity contribution in [2.45, 2.75) is 4.90 Å². The molecule has 2 nitrogen and oxygen atoms in total. The van der Waals surface area contributed by atoms with Crippen LogP contribution in [0.5, 0.6) is 0 Å². The van der Waals surface area contributed by atoms with Gasteiger partial charge in [-0.25, -0.2) is 0 Å². The largest absolute Gasteiger partial charge is 0.619 e. The van der Waals surface area contributed by atoms with Gasteiger partial charge in [0.25, 0.3) is 0 Å². The third-order valence-corrected chi connectivity index (χ3v) is 1.75. The van der Waals surface area contributed by atoms with Gasteiger partial charge < -0.3 is 5.21 Å². The molecule has 3 heteroatoms. The topological polar surface area (TPSA) is 26.9 Å². The Morgan fingerprint density at radius 3 is 2.44 bits per heavy atom. The van der Waals surface area contributed by atoms with Crippen LogP contribution in [-0.2, 0) is 0 Å². The molecular formula is C6H7NOS. The van der Waals surface area contributed by atoms with Crippen LogP contribution in [-0.4, -0.2) is 6.26 Å². The Hall–Kier alpha value is -0.700. The zero-order valence-corrected chi connectivity index (χ0v) is 5.89. The van der Waals surface area contributed by atoms with Gasteiger partial charge in [0.2, 0.25) is 0 Å². The van der Waals surface area contributed by atoms with Gasteiger partial charge in [0.05, 0.1) is 0 Å². The van der Waals surface area contributed by atoms with E-state index in [1.807, 2.05) is 6.26 Å². The molecule has 0 N–H and O–H groups in total. The van der Waals surface area contributed by atoms with E-state index in [0.717, 1.165) is 9.63 Å². The fourth-order valence-corrected chi connectivity index (χ4v) is 0.929. The maximum absolute atomic E-state index is 10.4. The van der Waals surface area contributed by atoms with Crippen LogP contribution >= 0.6 is 11.8 Å². The molecule has 1 rings (SSSR count). The van der Waals surface area contributed by atoms with E-state index in [2.05, 4.69) is 0 Å². The van der Waals surface area contributed by atoms with Crippen molar-refractivity contribution in [3.63, 3.8) is 0 Å². The fraction of sp³-hybridized carbons (Fsp3) is 0.167. The number of aromatic nitrogens is 1. The molecule has 0 aromatic carbocycles. The van der Waals surface area contributed by atoms with Crippen molar-refractivity contribution in [1.29, 1.82) is 0 Å². The third kappa shape index (κ3) is 1.61. The molecule has 0 unspecified atom stereocenters. The van der Waals surface area contributed by atoms with Crippen molar-refractivity contribution >= 4 is 11.8 Å². The van der Waals surface area contributed by atoms with Gasteiger partial charge in [-0.05, 0) is 6.26 Å². The Bertz CT molecular complexity index is 185. The Morgan fingerprint density at radius 2 is 2.00 bits per heavy atom. The second kappa shape index (κ2) is 2.73. The molecule has 1 aromatic heterocycles. The molecule has 0 fully saturated rings. The van der Waals surface area contributed by atoms with Crippen molar-refractivity contribution in [1.82, 2.24) is 0 Å². The van der Waals surface area contributed by atoms with Crippen molar-refractivity contribution in [3.8, 4) is 0 Å². The van der Waals surface area contributed by atoms with E-state index < -0.39 is 0 Å². The minimum Gasteiger partial charge on any atom is -0.619 e. The van der Waals surface area contributed by atoms with Crippen LogP contribution in [0.15, 0.2) is 29.4 Å². The van der Waals surface area contributed by atoms with Gasteiger partial charge in [-0.15, -0.1) is 11.8 Å². The lowest BCUT2D eigenvalue weighted by atomic mass is 10.5. The van der Waals surface area contributed by atoms with Crippen LogP contribution in [0.25, 0.3) is 0 Å². The van der Waals surface area contributed by atoms with Gasteiger partial charge in [0, 0.05) is 17.0 Å². The van der Waals surface area contributed by atoms with Crippen molar-refractivity contribution < 1.29 is 4.73 Å². The third-order valence-electron chi connectivity index (χ3n) is 1.01. The molecule has 1 heterocycles. The molecular weight excluding hydrogens is 134 g/mol. The summed E-state index contributed by atoms with van der Waals surface area (Å²) in [4.78, 5) is 1.11. The molecule has 0 aliphatic rings. The van der Waals surface area contributed by atoms with E-state index in [9.17, 15) is 5.21 Å². The first-order valence-corrected chi connectivity index (χ1v) is 3.78. The number of hydrogen-bond donors (Lipinski definition) is 0. The monoisotopic (exact) mass is 141 g/mol. The molecule has 0 radical (unpaired) electrons. The lowest BCUT2D eigenvalue weighted by molar-refractivity contribution is -0.605. The molecule has 0 amide bonds. The highest BCUT2D eigenvalue weighted by molar-refractivity contribution is 7.98. The summed E-state index contributed by atoms with van der Waals surface area (Å²) in [6.07, 6.45) is 4.96. The number of pyridine rings is 1. The van der Waals surface area contributed by atoms with Crippen LogP contribution in [0.4, 0.5) is 0 Å². The fourth-order valence-electron chi connectivity index (χ4n) is 0.535. The summed E-state index contributed by atoms with van der Waals surface area (Å²) in [7, 11) is 0. The predicted molar refractivity (Wildman–Crippen MR) is 37.2 cm³/mol. The summed E-state index contributed by atoms with van der Waals surface area (Å²) >= 11 is 1.63. The zero-order chi connectivity index (χ0) is 6.69. The highest BCUT2D eigenvalue weighted by atomic mass is 32.2. The van der Waals surface area contributed by atoms with Crippen LogP contribution in [0.2, 0.25) is 0 Å². The van der Waals surface area contributed by atoms with Crippen LogP contribution in [0.3, 0.4) is 0 Å². The Morgan fingerprint density at radius 1 is 1.44 bits per heavy atom. The lowest BCUT2D eigenvalue weighted by Gasteiger charge is -1.94. The highest BCUT2D eigenvalue weighted by Crippen LogP contribution is 2.09. The second-order valence-corrected chi connectivity index (χ2v) is 2.48. The molecule has 0 aliphatic carbocycles. The summed E-state index contributed by atoms with van der Waals surface area (Å²) in [5.74, 6) is 0. The van der Waals surface area contributed by atoms with Gasteiger partial charge in [-0.2, -0.15) is 4.73 Å². The minimum atomic E-state index is 0.778. The summed E-state index contributed by atoms with van der Waals surface area (Å²) in [6.45, 7) is 0. The van der Waals surface area contributed by atoms with Crippen molar-refractivity contribution in [2.24, 2.45) is 0 Å². The number of rotatable bonds is 1. The van der Waals surface area contributed by atoms with E-state index in [1.54, 1.807) is 23.9 Å². The Balaban J connectivity index is 2.88. The Labute approximate surface area is 58.1 Å². The van der Waals surface area contributed by atoms with Gasteiger partial charge in [0.1, 0.15) is 0 Å². The molecule has 48 valence electrons. The SMILES string of the molecule is CSc1cc[n+]([O-])cc1. The van der Waals surface area contributed by atoms with Crippen LogP contribution in [0, 0.1) is 5.21 Å². The summed E-state index contributed by atoms with van der Waals surface area (Å²) in [5, 5.41) is 10.4. The summed E-state index contributed by atoms with van der Waals surface area (Å²) in [5.41, 5.74) is 0. The maximum atomic E-state index is 10.4. The summed E-state index contributed by atoms with van der Waals surface area (Å²) in [6, 6.07) is 3.58. The van der Waals surface area contributed by atoms with Gasteiger partial charge in [-0.3, -0.25) is 0 Å². The first kappa shape index (κ1) is 6.42. The molecule has 0 spiro atoms. The average Bonchev–Trinajstić information content (AvgIpc) is 1.90. The number of thioether (sulfide) groups is 1. The first-order valence-electron chi connectivity index (χ1n) is 2.56. The zero-order valence-electron chi connectivity index (χ0n) is 5.07. The van der Waals surface area contributed by atoms with Crippen molar-refractivity contribution in [2.75, 3.05) is 6.26 Å². The standard InChI is InChI=1S/C6H7NOS/c1-9-6-2-4-7(8)5-3-6/h2-5H,1H3. The van der Waals surface area contributed by atoms with Gasteiger partial charge >= 0.3 is 0 Å². The average molecular weight is 141 g/mol. The first-order chi connectivity index (χ1) is 4.33. The lowest BCUT2D eigenvalue weighted by Crippen LogP contribution is -2.23. The van der Waals surface area contributed by atoms with E-state index in [4.69, 9.17) is 0 Å². The second-order valence-electron chi connectivity index (χ2n) is 1.60. The number of nitrogens with zero attached hydrogens (tertiary/aromatic N) is 1. The van der Waals surface area contributed by atoms with E-state index in [0.29, 0.717) is 0 Å². The molecule has 0 saturated heterocycles. The maximum Gasteiger partial charge on any atom is 0.181 e. The highest BCUT2D eigenvalue weighted by Gasteiger charge is 1.89. The smallest absolute Gasteiger partial charge is 0.181 e. The quantitative estimate of drug-likeness (QED) is 0.332.